The van der Waals surface area contributed by atoms with Crippen LogP contribution in [-0.2, 0) is 11.2 Å². The van der Waals surface area contributed by atoms with E-state index in [9.17, 15) is 4.39 Å². The fourth-order valence-corrected chi connectivity index (χ4v) is 1.80. The maximum atomic E-state index is 13.0. The molecule has 1 N–H and O–H groups in total. The highest BCUT2D eigenvalue weighted by atomic mass is 79.9. The van der Waals surface area contributed by atoms with Crippen molar-refractivity contribution >= 4 is 15.9 Å². The standard InChI is InChI=1S/C11H15BrFNO/c1-15-5-4-14-3-2-9-6-10(12)8-11(13)7-9/h6-8,14H,2-5H2,1H3. The Morgan fingerprint density at radius 2 is 2.13 bits per heavy atom. The molecule has 0 radical (unpaired) electrons. The van der Waals surface area contributed by atoms with E-state index in [0.717, 1.165) is 29.5 Å². The minimum atomic E-state index is -0.198. The summed E-state index contributed by atoms with van der Waals surface area (Å²) in [6, 6.07) is 4.95. The van der Waals surface area contributed by atoms with Crippen molar-refractivity contribution in [2.45, 2.75) is 6.42 Å². The van der Waals surface area contributed by atoms with Gasteiger partial charge in [0.2, 0.25) is 0 Å². The lowest BCUT2D eigenvalue weighted by Crippen LogP contribution is -2.21. The van der Waals surface area contributed by atoms with Crippen LogP contribution in [-0.4, -0.2) is 26.8 Å². The van der Waals surface area contributed by atoms with Crippen LogP contribution in [0.5, 0.6) is 0 Å². The average molecular weight is 276 g/mol. The van der Waals surface area contributed by atoms with E-state index >= 15 is 0 Å². The molecule has 1 aromatic carbocycles. The molecule has 4 heteroatoms. The summed E-state index contributed by atoms with van der Waals surface area (Å²) in [5.74, 6) is -0.198. The molecular formula is C11H15BrFNO. The first kappa shape index (κ1) is 12.6. The predicted octanol–water partition coefficient (Wildman–Crippen LogP) is 2.37. The third-order valence-electron chi connectivity index (χ3n) is 2.00. The van der Waals surface area contributed by atoms with E-state index in [1.165, 1.54) is 6.07 Å². The maximum Gasteiger partial charge on any atom is 0.124 e. The van der Waals surface area contributed by atoms with Crippen LogP contribution in [0.25, 0.3) is 0 Å². The summed E-state index contributed by atoms with van der Waals surface area (Å²) in [6.07, 6.45) is 0.820. The smallest absolute Gasteiger partial charge is 0.124 e. The maximum absolute atomic E-state index is 13.0. The molecule has 0 atom stereocenters. The summed E-state index contributed by atoms with van der Waals surface area (Å²) < 4.78 is 18.7. The molecule has 0 bridgehead atoms. The zero-order valence-electron chi connectivity index (χ0n) is 8.72. The summed E-state index contributed by atoms with van der Waals surface area (Å²) in [5, 5.41) is 3.21. The van der Waals surface area contributed by atoms with Gasteiger partial charge < -0.3 is 10.1 Å². The van der Waals surface area contributed by atoms with Gasteiger partial charge >= 0.3 is 0 Å². The summed E-state index contributed by atoms with van der Waals surface area (Å²) in [7, 11) is 1.67. The van der Waals surface area contributed by atoms with Crippen LogP contribution in [0.2, 0.25) is 0 Å². The van der Waals surface area contributed by atoms with Gasteiger partial charge in [0, 0.05) is 18.1 Å². The van der Waals surface area contributed by atoms with Crippen molar-refractivity contribution in [1.82, 2.24) is 5.32 Å². The molecule has 0 amide bonds. The quantitative estimate of drug-likeness (QED) is 0.805. The fourth-order valence-electron chi connectivity index (χ4n) is 1.29. The van der Waals surface area contributed by atoms with Gasteiger partial charge in [0.15, 0.2) is 0 Å². The van der Waals surface area contributed by atoms with Gasteiger partial charge in [-0.2, -0.15) is 0 Å². The lowest BCUT2D eigenvalue weighted by Gasteiger charge is -2.05. The van der Waals surface area contributed by atoms with E-state index in [-0.39, 0.29) is 5.82 Å². The van der Waals surface area contributed by atoms with Crippen LogP contribution >= 0.6 is 15.9 Å². The van der Waals surface area contributed by atoms with E-state index in [1.807, 2.05) is 6.07 Å². The Kier molecular flexibility index (Phi) is 5.83. The summed E-state index contributed by atoms with van der Waals surface area (Å²) >= 11 is 3.27. The summed E-state index contributed by atoms with van der Waals surface area (Å²) in [6.45, 7) is 2.36. The SMILES string of the molecule is COCCNCCc1cc(F)cc(Br)c1. The first-order valence-corrected chi connectivity index (χ1v) is 5.66. The van der Waals surface area contributed by atoms with Gasteiger partial charge in [0.05, 0.1) is 6.61 Å². The lowest BCUT2D eigenvalue weighted by atomic mass is 10.1. The van der Waals surface area contributed by atoms with E-state index in [4.69, 9.17) is 4.74 Å². The van der Waals surface area contributed by atoms with Crippen molar-refractivity contribution in [2.24, 2.45) is 0 Å². The van der Waals surface area contributed by atoms with Gasteiger partial charge in [-0.1, -0.05) is 15.9 Å². The van der Waals surface area contributed by atoms with Gasteiger partial charge in [-0.15, -0.1) is 0 Å². The third kappa shape index (κ3) is 5.25. The summed E-state index contributed by atoms with van der Waals surface area (Å²) in [5.41, 5.74) is 0.992. The number of nitrogens with one attached hydrogen (secondary N) is 1. The molecule has 0 aromatic heterocycles. The van der Waals surface area contributed by atoms with Gasteiger partial charge in [0.25, 0.3) is 0 Å². The van der Waals surface area contributed by atoms with Crippen molar-refractivity contribution < 1.29 is 9.13 Å². The Labute approximate surface area is 98.0 Å². The van der Waals surface area contributed by atoms with E-state index in [2.05, 4.69) is 21.2 Å². The Bertz CT molecular complexity index is 286. The molecule has 84 valence electrons. The molecule has 0 heterocycles. The van der Waals surface area contributed by atoms with Crippen molar-refractivity contribution in [3.63, 3.8) is 0 Å². The number of methoxy groups -OCH3 is 1. The van der Waals surface area contributed by atoms with E-state index < -0.39 is 0 Å². The number of rotatable bonds is 6. The minimum Gasteiger partial charge on any atom is -0.383 e. The molecule has 1 aromatic rings. The van der Waals surface area contributed by atoms with Crippen molar-refractivity contribution in [3.8, 4) is 0 Å². The molecule has 0 aliphatic carbocycles. The van der Waals surface area contributed by atoms with E-state index in [0.29, 0.717) is 6.61 Å². The number of hydrogen-bond donors (Lipinski definition) is 1. The van der Waals surface area contributed by atoms with Gasteiger partial charge in [-0.25, -0.2) is 4.39 Å². The van der Waals surface area contributed by atoms with Gasteiger partial charge in [-0.3, -0.25) is 0 Å². The monoisotopic (exact) mass is 275 g/mol. The van der Waals surface area contributed by atoms with Gasteiger partial charge in [0.1, 0.15) is 5.82 Å². The van der Waals surface area contributed by atoms with Crippen LogP contribution in [0.15, 0.2) is 22.7 Å². The van der Waals surface area contributed by atoms with Crippen LogP contribution in [0.3, 0.4) is 0 Å². The fraction of sp³-hybridized carbons (Fsp3) is 0.455. The predicted molar refractivity (Wildman–Crippen MR) is 62.5 cm³/mol. The van der Waals surface area contributed by atoms with Gasteiger partial charge in [-0.05, 0) is 36.7 Å². The molecule has 0 saturated heterocycles. The molecule has 2 nitrogen and oxygen atoms in total. The highest BCUT2D eigenvalue weighted by Crippen LogP contribution is 2.14. The molecule has 0 aliphatic heterocycles. The minimum absolute atomic E-state index is 0.198. The first-order valence-electron chi connectivity index (χ1n) is 4.87. The summed E-state index contributed by atoms with van der Waals surface area (Å²) in [4.78, 5) is 0. The number of hydrogen-bond acceptors (Lipinski definition) is 2. The topological polar surface area (TPSA) is 21.3 Å². The van der Waals surface area contributed by atoms with Crippen molar-refractivity contribution in [2.75, 3.05) is 26.8 Å². The van der Waals surface area contributed by atoms with Crippen LogP contribution < -0.4 is 5.32 Å². The molecule has 15 heavy (non-hydrogen) atoms. The zero-order chi connectivity index (χ0) is 11.1. The first-order chi connectivity index (χ1) is 7.22. The second kappa shape index (κ2) is 6.93. The Morgan fingerprint density at radius 1 is 1.33 bits per heavy atom. The third-order valence-corrected chi connectivity index (χ3v) is 2.45. The Balaban J connectivity index is 2.31. The second-order valence-electron chi connectivity index (χ2n) is 3.27. The highest BCUT2D eigenvalue weighted by molar-refractivity contribution is 9.10. The average Bonchev–Trinajstić information content (AvgIpc) is 2.16. The molecular weight excluding hydrogens is 261 g/mol. The number of ether oxygens (including phenoxy) is 1. The molecule has 0 aliphatic rings. The van der Waals surface area contributed by atoms with Crippen LogP contribution in [0.1, 0.15) is 5.56 Å². The number of benzene rings is 1. The van der Waals surface area contributed by atoms with Crippen LogP contribution in [0, 0.1) is 5.82 Å². The van der Waals surface area contributed by atoms with Crippen LogP contribution in [0.4, 0.5) is 4.39 Å². The lowest BCUT2D eigenvalue weighted by molar-refractivity contribution is 0.199. The van der Waals surface area contributed by atoms with Crippen molar-refractivity contribution in [1.29, 1.82) is 0 Å². The Hall–Kier alpha value is -0.450. The molecule has 0 unspecified atom stereocenters. The normalized spacial score (nSPS) is 10.6. The largest absolute Gasteiger partial charge is 0.383 e. The number of halogens is 2. The Morgan fingerprint density at radius 3 is 2.80 bits per heavy atom. The molecule has 0 fully saturated rings. The highest BCUT2D eigenvalue weighted by Gasteiger charge is 1.98. The zero-order valence-corrected chi connectivity index (χ0v) is 10.3. The van der Waals surface area contributed by atoms with E-state index in [1.54, 1.807) is 13.2 Å². The second-order valence-corrected chi connectivity index (χ2v) is 4.19. The molecule has 0 spiro atoms. The van der Waals surface area contributed by atoms with Crippen molar-refractivity contribution in [3.05, 3.63) is 34.1 Å². The molecule has 1 rings (SSSR count). The molecule has 0 saturated carbocycles.